The molecule has 0 radical (unpaired) electrons. The van der Waals surface area contributed by atoms with Crippen LogP contribution >= 0.6 is 0 Å². The van der Waals surface area contributed by atoms with Gasteiger partial charge in [-0.1, -0.05) is 30.3 Å². The van der Waals surface area contributed by atoms with E-state index >= 15 is 0 Å². The van der Waals surface area contributed by atoms with Gasteiger partial charge in [0.25, 0.3) is 5.91 Å². The fourth-order valence-electron chi connectivity index (χ4n) is 3.58. The van der Waals surface area contributed by atoms with Gasteiger partial charge in [-0.25, -0.2) is 8.42 Å². The van der Waals surface area contributed by atoms with Crippen LogP contribution in [0.25, 0.3) is 0 Å². The predicted molar refractivity (Wildman–Crippen MR) is 104 cm³/mol. The summed E-state index contributed by atoms with van der Waals surface area (Å²) in [7, 11) is -1.54. The van der Waals surface area contributed by atoms with Crippen LogP contribution in [0, 0.1) is 0 Å². The minimum absolute atomic E-state index is 0.0524. The van der Waals surface area contributed by atoms with Gasteiger partial charge in [-0.2, -0.15) is 0 Å². The summed E-state index contributed by atoms with van der Waals surface area (Å²) in [5.41, 5.74) is 3.22. The summed E-state index contributed by atoms with van der Waals surface area (Å²) in [5, 5.41) is 0. The average Bonchev–Trinajstić information content (AvgIpc) is 2.95. The van der Waals surface area contributed by atoms with E-state index in [4.69, 9.17) is 0 Å². The zero-order valence-corrected chi connectivity index (χ0v) is 16.3. The Kier molecular flexibility index (Phi) is 4.80. The Morgan fingerprint density at radius 2 is 1.85 bits per heavy atom. The zero-order chi connectivity index (χ0) is 19.1. The van der Waals surface area contributed by atoms with Gasteiger partial charge in [-0.3, -0.25) is 9.10 Å². The molecular formula is C20H24N2O3S. The molecule has 1 heterocycles. The molecule has 3 rings (SSSR count). The molecule has 0 aliphatic carbocycles. The summed E-state index contributed by atoms with van der Waals surface area (Å²) in [6.07, 6.45) is 1.83. The third-order valence-electron chi connectivity index (χ3n) is 5.02. The number of hydrogen-bond acceptors (Lipinski definition) is 3. The molecule has 2 aromatic carbocycles. The second-order valence-electron chi connectivity index (χ2n) is 6.96. The van der Waals surface area contributed by atoms with Gasteiger partial charge in [0, 0.05) is 18.7 Å². The summed E-state index contributed by atoms with van der Waals surface area (Å²) in [4.78, 5) is 14.6. The number of hydrogen-bond donors (Lipinski definition) is 0. The van der Waals surface area contributed by atoms with Gasteiger partial charge in [-0.05, 0) is 49.6 Å². The van der Waals surface area contributed by atoms with Gasteiger partial charge in [0.1, 0.15) is 0 Å². The highest BCUT2D eigenvalue weighted by atomic mass is 32.2. The predicted octanol–water partition coefficient (Wildman–Crippen LogP) is 3.23. The van der Waals surface area contributed by atoms with Crippen LogP contribution in [0.1, 0.15) is 41.4 Å². The summed E-state index contributed by atoms with van der Waals surface area (Å²) < 4.78 is 25.5. The highest BCUT2D eigenvalue weighted by Crippen LogP contribution is 2.35. The lowest BCUT2D eigenvalue weighted by molar-refractivity contribution is 0.0742. The molecule has 0 unspecified atom stereocenters. The van der Waals surface area contributed by atoms with Gasteiger partial charge in [0.05, 0.1) is 18.0 Å². The minimum atomic E-state index is -3.33. The Bertz CT molecular complexity index is 925. The number of nitrogens with zero attached hydrogens (tertiary/aromatic N) is 2. The monoisotopic (exact) mass is 372 g/mol. The van der Waals surface area contributed by atoms with Crippen molar-refractivity contribution in [3.05, 3.63) is 65.2 Å². The van der Waals surface area contributed by atoms with Crippen molar-refractivity contribution in [1.82, 2.24) is 4.90 Å². The first kappa shape index (κ1) is 18.5. The molecule has 0 bridgehead atoms. The highest BCUT2D eigenvalue weighted by molar-refractivity contribution is 7.92. The molecule has 1 aliphatic rings. The third-order valence-corrected chi connectivity index (χ3v) is 6.29. The van der Waals surface area contributed by atoms with E-state index in [-0.39, 0.29) is 18.0 Å². The van der Waals surface area contributed by atoms with Crippen LogP contribution in [-0.2, 0) is 16.4 Å². The molecule has 0 aromatic heterocycles. The van der Waals surface area contributed by atoms with Crippen molar-refractivity contribution in [2.24, 2.45) is 0 Å². The van der Waals surface area contributed by atoms with Crippen LogP contribution < -0.4 is 4.31 Å². The molecule has 1 aliphatic heterocycles. The summed E-state index contributed by atoms with van der Waals surface area (Å²) >= 11 is 0. The second-order valence-corrected chi connectivity index (χ2v) is 8.82. The molecule has 0 spiro atoms. The molecular weight excluding hydrogens is 348 g/mol. The number of amides is 1. The lowest BCUT2D eigenvalue weighted by Gasteiger charge is -2.26. The van der Waals surface area contributed by atoms with Gasteiger partial charge in [0.2, 0.25) is 10.0 Å². The van der Waals surface area contributed by atoms with Crippen molar-refractivity contribution < 1.29 is 13.2 Å². The largest absolute Gasteiger partial charge is 0.335 e. The van der Waals surface area contributed by atoms with E-state index in [0.29, 0.717) is 17.7 Å². The first-order valence-electron chi connectivity index (χ1n) is 8.64. The zero-order valence-electron chi connectivity index (χ0n) is 15.5. The smallest absolute Gasteiger partial charge is 0.254 e. The van der Waals surface area contributed by atoms with Gasteiger partial charge < -0.3 is 4.90 Å². The molecule has 0 saturated heterocycles. The van der Waals surface area contributed by atoms with Crippen molar-refractivity contribution >= 4 is 21.6 Å². The molecule has 5 nitrogen and oxygen atoms in total. The van der Waals surface area contributed by atoms with Crippen LogP contribution in [0.4, 0.5) is 5.69 Å². The molecule has 0 fully saturated rings. The second kappa shape index (κ2) is 6.76. The fourth-order valence-corrected chi connectivity index (χ4v) is 4.84. The van der Waals surface area contributed by atoms with E-state index in [9.17, 15) is 13.2 Å². The Balaban J connectivity index is 1.87. The topological polar surface area (TPSA) is 57.7 Å². The normalized spacial score (nSPS) is 17.7. The van der Waals surface area contributed by atoms with Crippen LogP contribution in [0.15, 0.2) is 48.5 Å². The van der Waals surface area contributed by atoms with Gasteiger partial charge >= 0.3 is 0 Å². The minimum Gasteiger partial charge on any atom is -0.335 e. The Morgan fingerprint density at radius 3 is 2.46 bits per heavy atom. The summed E-state index contributed by atoms with van der Waals surface area (Å²) in [6, 6.07) is 15.0. The third kappa shape index (κ3) is 3.33. The maximum absolute atomic E-state index is 12.9. The van der Waals surface area contributed by atoms with E-state index in [1.807, 2.05) is 50.2 Å². The van der Waals surface area contributed by atoms with E-state index < -0.39 is 10.0 Å². The molecule has 26 heavy (non-hydrogen) atoms. The first-order valence-corrected chi connectivity index (χ1v) is 10.5. The molecule has 6 heteroatoms. The van der Waals surface area contributed by atoms with E-state index in [1.54, 1.807) is 24.1 Å². The Labute approximate surface area is 155 Å². The average molecular weight is 372 g/mol. The van der Waals surface area contributed by atoms with Crippen LogP contribution in [-0.4, -0.2) is 38.6 Å². The van der Waals surface area contributed by atoms with E-state index in [2.05, 4.69) is 0 Å². The number of carbonyl (C=O) groups is 1. The Hall–Kier alpha value is -2.34. The number of rotatable bonds is 4. The standard InChI is InChI=1S/C20H24N2O3S/c1-14-12-18-13-17(10-11-19(18)22(14)26(4,24)25)20(23)21(3)15(2)16-8-6-5-7-9-16/h5-11,13-15H,12H2,1-4H3/t14-,15-/m1/s1. The van der Waals surface area contributed by atoms with Crippen molar-refractivity contribution in [2.45, 2.75) is 32.4 Å². The van der Waals surface area contributed by atoms with Crippen molar-refractivity contribution in [3.8, 4) is 0 Å². The molecule has 1 amide bonds. The number of carbonyl (C=O) groups excluding carboxylic acids is 1. The van der Waals surface area contributed by atoms with Crippen LogP contribution in [0.3, 0.4) is 0 Å². The molecule has 138 valence electrons. The van der Waals surface area contributed by atoms with Crippen molar-refractivity contribution in [1.29, 1.82) is 0 Å². The van der Waals surface area contributed by atoms with Gasteiger partial charge in [-0.15, -0.1) is 0 Å². The number of benzene rings is 2. The van der Waals surface area contributed by atoms with Crippen molar-refractivity contribution in [3.63, 3.8) is 0 Å². The molecule has 0 saturated carbocycles. The number of anilines is 1. The molecule has 2 atom stereocenters. The quantitative estimate of drug-likeness (QED) is 0.828. The Morgan fingerprint density at radius 1 is 1.19 bits per heavy atom. The molecule has 0 N–H and O–H groups in total. The maximum atomic E-state index is 12.9. The first-order chi connectivity index (χ1) is 12.2. The fraction of sp³-hybridized carbons (Fsp3) is 0.350. The number of fused-ring (bicyclic) bond motifs is 1. The highest BCUT2D eigenvalue weighted by Gasteiger charge is 2.33. The van der Waals surface area contributed by atoms with Crippen LogP contribution in [0.2, 0.25) is 0 Å². The SMILES string of the molecule is C[C@H](c1ccccc1)N(C)C(=O)c1ccc2c(c1)C[C@@H](C)N2S(C)(=O)=O. The van der Waals surface area contributed by atoms with Crippen LogP contribution in [0.5, 0.6) is 0 Å². The van der Waals surface area contributed by atoms with Crippen molar-refractivity contribution in [2.75, 3.05) is 17.6 Å². The summed E-state index contributed by atoms with van der Waals surface area (Å²) in [6.45, 7) is 3.88. The van der Waals surface area contributed by atoms with E-state index in [1.165, 1.54) is 10.6 Å². The van der Waals surface area contributed by atoms with E-state index in [0.717, 1.165) is 11.1 Å². The lowest BCUT2D eigenvalue weighted by Crippen LogP contribution is -2.34. The summed E-state index contributed by atoms with van der Waals surface area (Å²) in [5.74, 6) is -0.0744. The van der Waals surface area contributed by atoms with Gasteiger partial charge in [0.15, 0.2) is 0 Å². The maximum Gasteiger partial charge on any atom is 0.254 e. The molecule has 2 aromatic rings. The number of sulfonamides is 1. The lowest BCUT2D eigenvalue weighted by atomic mass is 10.0.